The van der Waals surface area contributed by atoms with E-state index in [0.29, 0.717) is 0 Å². The molecule has 1 heteroatoms. The highest BCUT2D eigenvalue weighted by Gasteiger charge is 1.78. The molecule has 1 nitrogen and oxygen atoms in total. The molecule has 0 aliphatic heterocycles. The molecule has 0 N–H and O–H groups in total. The van der Waals surface area contributed by atoms with E-state index >= 15 is 0 Å². The lowest BCUT2D eigenvalue weighted by atomic mass is 10.3. The number of benzene rings is 1. The summed E-state index contributed by atoms with van der Waals surface area (Å²) in [5.41, 5.74) is 0. The van der Waals surface area contributed by atoms with Gasteiger partial charge < -0.3 is 0 Å². The maximum atomic E-state index is 10.4. The van der Waals surface area contributed by atoms with Crippen molar-refractivity contribution in [1.82, 2.24) is 0 Å². The van der Waals surface area contributed by atoms with Gasteiger partial charge in [-0.3, -0.25) is 5.11 Å². The Bertz CT molecular complexity index is 165. The Labute approximate surface area is 43.6 Å². The first-order valence-corrected chi connectivity index (χ1v) is 2.03. The summed E-state index contributed by atoms with van der Waals surface area (Å²) in [6.07, 6.45) is 0. The van der Waals surface area contributed by atoms with Crippen LogP contribution in [0.2, 0.25) is 0 Å². The van der Waals surface area contributed by atoms with E-state index in [0.717, 1.165) is 0 Å². The van der Waals surface area contributed by atoms with E-state index in [9.17, 15) is 5.11 Å². The lowest BCUT2D eigenvalue weighted by Gasteiger charge is -1.77. The summed E-state index contributed by atoms with van der Waals surface area (Å²) in [5.74, 6) is -0.215. The highest BCUT2D eigenvalue weighted by Crippen LogP contribution is 2.04. The van der Waals surface area contributed by atoms with Gasteiger partial charge in [0, 0.05) is 0 Å². The molecule has 0 heterocycles. The van der Waals surface area contributed by atoms with Crippen LogP contribution in [0.3, 0.4) is 0 Å². The van der Waals surface area contributed by atoms with Crippen molar-refractivity contribution >= 4 is 0 Å². The van der Waals surface area contributed by atoms with Crippen LogP contribution in [0, 0.1) is 0 Å². The molecule has 0 saturated carbocycles. The van der Waals surface area contributed by atoms with E-state index in [1.54, 1.807) is 12.1 Å². The molecule has 35 valence electrons. The van der Waals surface area contributed by atoms with Crippen molar-refractivity contribution in [2.24, 2.45) is 0 Å². The van der Waals surface area contributed by atoms with Gasteiger partial charge in [-0.15, -0.1) is 0 Å². The second kappa shape index (κ2) is 1.65. The molecule has 1 aromatic carbocycles. The summed E-state index contributed by atoms with van der Waals surface area (Å²) in [4.78, 5) is 0. The van der Waals surface area contributed by atoms with Gasteiger partial charge >= 0.3 is 0 Å². The zero-order valence-electron chi connectivity index (χ0n) is 4.72. The summed E-state index contributed by atoms with van der Waals surface area (Å²) in [6, 6.07) is 6.21. The van der Waals surface area contributed by atoms with Crippen LogP contribution >= 0.6 is 0 Å². The Hall–Kier alpha value is -0.980. The molecule has 0 fully saturated rings. The zero-order valence-corrected chi connectivity index (χ0v) is 3.72. The molecule has 0 saturated heterocycles. The quantitative estimate of drug-likeness (QED) is 0.467. The maximum Gasteiger partial charge on any atom is 0.178 e. The smallest absolute Gasteiger partial charge is 0.178 e. The molecule has 1 rings (SSSR count). The summed E-state index contributed by atoms with van der Waals surface area (Å²) in [6.45, 7) is 0. The topological polar surface area (TPSA) is 19.9 Å². The van der Waals surface area contributed by atoms with E-state index in [2.05, 4.69) is 0 Å². The lowest BCUT2D eigenvalue weighted by molar-refractivity contribution is 0.355. The molecule has 1 aromatic rings. The molecular weight excluding hydrogens is 88.1 g/mol. The van der Waals surface area contributed by atoms with Crippen molar-refractivity contribution in [1.29, 1.82) is 0 Å². The molecule has 0 bridgehead atoms. The SMILES string of the molecule is [2H]c1ccccc1[O]. The zero-order chi connectivity index (χ0) is 5.98. The molecule has 0 aromatic heterocycles. The summed E-state index contributed by atoms with van der Waals surface area (Å²) in [7, 11) is 0. The third-order valence-corrected chi connectivity index (χ3v) is 0.681. The van der Waals surface area contributed by atoms with Crippen molar-refractivity contribution in [3.63, 3.8) is 0 Å². The van der Waals surface area contributed by atoms with Crippen molar-refractivity contribution in [3.8, 4) is 5.75 Å². The predicted molar refractivity (Wildman–Crippen MR) is 26.6 cm³/mol. The van der Waals surface area contributed by atoms with Crippen LogP contribution < -0.4 is 0 Å². The van der Waals surface area contributed by atoms with Gasteiger partial charge in [0.1, 0.15) is 0 Å². The number of hydrogen-bond donors (Lipinski definition) is 0. The van der Waals surface area contributed by atoms with Crippen molar-refractivity contribution in [2.75, 3.05) is 0 Å². The molecule has 0 aliphatic carbocycles. The Morgan fingerprint density at radius 1 is 1.43 bits per heavy atom. The van der Waals surface area contributed by atoms with E-state index in [1.165, 1.54) is 12.1 Å². The first kappa shape index (κ1) is 3.08. The number of rotatable bonds is 0. The highest BCUT2D eigenvalue weighted by atomic mass is 16.3. The van der Waals surface area contributed by atoms with E-state index in [-0.39, 0.29) is 11.8 Å². The minimum Gasteiger partial charge on any atom is -0.290 e. The van der Waals surface area contributed by atoms with Crippen LogP contribution in [0.5, 0.6) is 5.75 Å². The van der Waals surface area contributed by atoms with Crippen LogP contribution in [-0.2, 0) is 5.11 Å². The van der Waals surface area contributed by atoms with Gasteiger partial charge in [-0.2, -0.15) is 0 Å². The average Bonchev–Trinajstić information content (AvgIpc) is 1.77. The Balaban J connectivity index is 3.13. The molecule has 0 amide bonds. The van der Waals surface area contributed by atoms with E-state index < -0.39 is 0 Å². The van der Waals surface area contributed by atoms with Crippen LogP contribution in [0.1, 0.15) is 1.37 Å². The second-order valence-corrected chi connectivity index (χ2v) is 1.23. The fourth-order valence-corrected chi connectivity index (χ4v) is 0.377. The van der Waals surface area contributed by atoms with Crippen LogP contribution in [0.15, 0.2) is 30.3 Å². The molecule has 1 radical (unpaired) electrons. The molecule has 0 spiro atoms. The molecular formula is C6H5O. The first-order valence-electron chi connectivity index (χ1n) is 2.53. The maximum absolute atomic E-state index is 10.4. The monoisotopic (exact) mass is 94.0 g/mol. The van der Waals surface area contributed by atoms with Gasteiger partial charge in [-0.1, -0.05) is 18.2 Å². The van der Waals surface area contributed by atoms with Crippen LogP contribution in [0.4, 0.5) is 0 Å². The van der Waals surface area contributed by atoms with E-state index in [4.69, 9.17) is 1.37 Å². The predicted octanol–water partition coefficient (Wildman–Crippen LogP) is 1.83. The molecule has 0 unspecified atom stereocenters. The molecule has 0 atom stereocenters. The van der Waals surface area contributed by atoms with Crippen molar-refractivity contribution < 1.29 is 6.48 Å². The molecule has 0 aliphatic rings. The summed E-state index contributed by atoms with van der Waals surface area (Å²) in [5, 5.41) is 10.4. The minimum absolute atomic E-state index is 0.0625. The third kappa shape index (κ3) is 0.929. The Morgan fingerprint density at radius 2 is 2.29 bits per heavy atom. The van der Waals surface area contributed by atoms with Gasteiger partial charge in [0.25, 0.3) is 0 Å². The van der Waals surface area contributed by atoms with Gasteiger partial charge in [0.2, 0.25) is 0 Å². The fraction of sp³-hybridized carbons (Fsp3) is 0. The normalized spacial score (nSPS) is 10.6. The minimum atomic E-state index is -0.215. The highest BCUT2D eigenvalue weighted by molar-refractivity contribution is 5.18. The van der Waals surface area contributed by atoms with Crippen molar-refractivity contribution in [3.05, 3.63) is 30.3 Å². The second-order valence-electron chi connectivity index (χ2n) is 1.23. The van der Waals surface area contributed by atoms with E-state index in [1.807, 2.05) is 0 Å². The number of hydrogen-bond acceptors (Lipinski definition) is 0. The summed E-state index contributed by atoms with van der Waals surface area (Å²) >= 11 is 0. The lowest BCUT2D eigenvalue weighted by Crippen LogP contribution is -1.54. The largest absolute Gasteiger partial charge is 0.290 e. The molecule has 7 heavy (non-hydrogen) atoms. The Morgan fingerprint density at radius 3 is 2.71 bits per heavy atom. The third-order valence-electron chi connectivity index (χ3n) is 0.681. The van der Waals surface area contributed by atoms with Gasteiger partial charge in [0.05, 0.1) is 1.37 Å². The van der Waals surface area contributed by atoms with Gasteiger partial charge in [0.15, 0.2) is 5.75 Å². The first-order chi connectivity index (χ1) is 3.80. The average molecular weight is 94.1 g/mol. The summed E-state index contributed by atoms with van der Waals surface area (Å²) < 4.78 is 6.91. The fourth-order valence-electron chi connectivity index (χ4n) is 0.377. The standard InChI is InChI=1S/C6H5O/c7-6-4-2-1-3-5-6/h1-5H/i4D. The van der Waals surface area contributed by atoms with Crippen LogP contribution in [0.25, 0.3) is 0 Å². The van der Waals surface area contributed by atoms with Gasteiger partial charge in [-0.25, -0.2) is 0 Å². The van der Waals surface area contributed by atoms with Crippen LogP contribution in [-0.4, -0.2) is 0 Å². The van der Waals surface area contributed by atoms with Crippen molar-refractivity contribution in [2.45, 2.75) is 0 Å². The number of para-hydroxylation sites is 1. The van der Waals surface area contributed by atoms with Gasteiger partial charge in [-0.05, 0) is 12.1 Å². The Kier molecular flexibility index (Phi) is 0.724.